The van der Waals surface area contributed by atoms with Crippen molar-refractivity contribution in [2.24, 2.45) is 5.92 Å². The summed E-state index contributed by atoms with van der Waals surface area (Å²) in [5.41, 5.74) is 0. The highest BCUT2D eigenvalue weighted by molar-refractivity contribution is 5.74. The molecular formula is C12H20N4O2. The van der Waals surface area contributed by atoms with Gasteiger partial charge in [0.2, 0.25) is 0 Å². The molecule has 6 nitrogen and oxygen atoms in total. The van der Waals surface area contributed by atoms with E-state index in [2.05, 4.69) is 15.7 Å². The Morgan fingerprint density at radius 2 is 2.56 bits per heavy atom. The molecule has 6 heteroatoms. The van der Waals surface area contributed by atoms with Crippen LogP contribution in [-0.2, 0) is 11.3 Å². The molecule has 0 aliphatic carbocycles. The van der Waals surface area contributed by atoms with Crippen LogP contribution < -0.4 is 10.6 Å². The van der Waals surface area contributed by atoms with Crippen LogP contribution in [0.2, 0.25) is 0 Å². The molecule has 1 aliphatic heterocycles. The summed E-state index contributed by atoms with van der Waals surface area (Å²) < 4.78 is 7.06. The highest BCUT2D eigenvalue weighted by atomic mass is 16.5. The number of urea groups is 1. The molecule has 1 saturated heterocycles. The summed E-state index contributed by atoms with van der Waals surface area (Å²) in [5.74, 6) is 0.456. The van der Waals surface area contributed by atoms with Crippen LogP contribution >= 0.6 is 0 Å². The lowest BCUT2D eigenvalue weighted by atomic mass is 10.1. The maximum Gasteiger partial charge on any atom is 0.315 e. The lowest BCUT2D eigenvalue weighted by Crippen LogP contribution is -2.44. The number of rotatable bonds is 5. The first kappa shape index (κ1) is 12.9. The number of aromatic nitrogens is 2. The first-order valence-corrected chi connectivity index (χ1v) is 6.33. The van der Waals surface area contributed by atoms with Crippen molar-refractivity contribution < 1.29 is 9.53 Å². The molecule has 2 heterocycles. The van der Waals surface area contributed by atoms with Crippen molar-refractivity contribution in [2.75, 3.05) is 19.8 Å². The smallest absolute Gasteiger partial charge is 0.315 e. The number of carbonyl (C=O) groups excluding carboxylic acids is 1. The van der Waals surface area contributed by atoms with Gasteiger partial charge in [-0.25, -0.2) is 4.79 Å². The zero-order chi connectivity index (χ0) is 12.8. The van der Waals surface area contributed by atoms with Crippen molar-refractivity contribution in [2.45, 2.75) is 25.9 Å². The standard InChI is InChI=1S/C12H20N4O2/c1-10(8-16-5-2-4-14-16)15-12(17)13-7-11-3-6-18-9-11/h2,4-5,10-11H,3,6-9H2,1H3,(H2,13,15,17)/t10-,11-/m1/s1. The lowest BCUT2D eigenvalue weighted by Gasteiger charge is -2.16. The molecule has 2 N–H and O–H groups in total. The number of nitrogens with zero attached hydrogens (tertiary/aromatic N) is 2. The van der Waals surface area contributed by atoms with Gasteiger partial charge in [0.25, 0.3) is 0 Å². The van der Waals surface area contributed by atoms with E-state index in [9.17, 15) is 4.79 Å². The SMILES string of the molecule is C[C@H](Cn1cccn1)NC(=O)NC[C@H]1CCOC1. The average molecular weight is 252 g/mol. The van der Waals surface area contributed by atoms with Gasteiger partial charge in [-0.15, -0.1) is 0 Å². The Morgan fingerprint density at radius 1 is 1.67 bits per heavy atom. The minimum absolute atomic E-state index is 0.0460. The van der Waals surface area contributed by atoms with Crippen molar-refractivity contribution >= 4 is 6.03 Å². The second-order valence-electron chi connectivity index (χ2n) is 4.71. The van der Waals surface area contributed by atoms with E-state index >= 15 is 0 Å². The minimum Gasteiger partial charge on any atom is -0.381 e. The first-order valence-electron chi connectivity index (χ1n) is 6.33. The molecule has 100 valence electrons. The Labute approximate surface area is 107 Å². The molecule has 0 radical (unpaired) electrons. The van der Waals surface area contributed by atoms with E-state index in [0.29, 0.717) is 19.0 Å². The second kappa shape index (κ2) is 6.39. The van der Waals surface area contributed by atoms with Crippen molar-refractivity contribution in [1.29, 1.82) is 0 Å². The molecule has 2 atom stereocenters. The molecule has 0 spiro atoms. The summed E-state index contributed by atoms with van der Waals surface area (Å²) in [7, 11) is 0. The van der Waals surface area contributed by atoms with Crippen molar-refractivity contribution in [3.05, 3.63) is 18.5 Å². The van der Waals surface area contributed by atoms with Crippen LogP contribution in [0.1, 0.15) is 13.3 Å². The highest BCUT2D eigenvalue weighted by Crippen LogP contribution is 2.10. The number of nitrogens with one attached hydrogen (secondary N) is 2. The normalized spacial score (nSPS) is 20.6. The van der Waals surface area contributed by atoms with Crippen LogP contribution in [0.4, 0.5) is 4.79 Å². The number of ether oxygens (including phenoxy) is 1. The Kier molecular flexibility index (Phi) is 4.58. The Hall–Kier alpha value is -1.56. The van der Waals surface area contributed by atoms with Crippen LogP contribution in [-0.4, -0.2) is 41.6 Å². The monoisotopic (exact) mass is 252 g/mol. The molecule has 0 aromatic carbocycles. The number of carbonyl (C=O) groups is 1. The number of hydrogen-bond donors (Lipinski definition) is 2. The van der Waals surface area contributed by atoms with Gasteiger partial charge in [-0.2, -0.15) is 5.10 Å². The summed E-state index contributed by atoms with van der Waals surface area (Å²) in [5, 5.41) is 9.87. The summed E-state index contributed by atoms with van der Waals surface area (Å²) in [6.45, 7) is 4.88. The maximum absolute atomic E-state index is 11.6. The van der Waals surface area contributed by atoms with E-state index < -0.39 is 0 Å². The van der Waals surface area contributed by atoms with Gasteiger partial charge in [-0.05, 0) is 19.4 Å². The van der Waals surface area contributed by atoms with Crippen LogP contribution in [0, 0.1) is 5.92 Å². The summed E-state index contributed by atoms with van der Waals surface area (Å²) >= 11 is 0. The van der Waals surface area contributed by atoms with Gasteiger partial charge in [0.05, 0.1) is 13.2 Å². The highest BCUT2D eigenvalue weighted by Gasteiger charge is 2.16. The molecule has 0 saturated carbocycles. The van der Waals surface area contributed by atoms with Gasteiger partial charge in [0.15, 0.2) is 0 Å². The molecule has 18 heavy (non-hydrogen) atoms. The van der Waals surface area contributed by atoms with Crippen molar-refractivity contribution in [3.8, 4) is 0 Å². The molecule has 1 aromatic rings. The predicted molar refractivity (Wildman–Crippen MR) is 67.1 cm³/mol. The fraction of sp³-hybridized carbons (Fsp3) is 0.667. The van der Waals surface area contributed by atoms with Crippen molar-refractivity contribution in [3.63, 3.8) is 0 Å². The summed E-state index contributed by atoms with van der Waals surface area (Å²) in [4.78, 5) is 11.6. The quantitative estimate of drug-likeness (QED) is 0.806. The minimum atomic E-state index is -0.124. The van der Waals surface area contributed by atoms with E-state index in [1.54, 1.807) is 10.9 Å². The Morgan fingerprint density at radius 3 is 3.22 bits per heavy atom. The van der Waals surface area contributed by atoms with Gasteiger partial charge in [-0.1, -0.05) is 0 Å². The maximum atomic E-state index is 11.6. The molecule has 1 fully saturated rings. The molecular weight excluding hydrogens is 232 g/mol. The van der Waals surface area contributed by atoms with E-state index in [1.807, 2.05) is 19.2 Å². The predicted octanol–water partition coefficient (Wildman–Crippen LogP) is 0.607. The fourth-order valence-electron chi connectivity index (χ4n) is 1.99. The van der Waals surface area contributed by atoms with Gasteiger partial charge in [0.1, 0.15) is 0 Å². The Balaban J connectivity index is 1.63. The third-order valence-electron chi connectivity index (χ3n) is 2.97. The largest absolute Gasteiger partial charge is 0.381 e. The van der Waals surface area contributed by atoms with E-state index in [0.717, 1.165) is 19.6 Å². The van der Waals surface area contributed by atoms with Crippen LogP contribution in [0.25, 0.3) is 0 Å². The lowest BCUT2D eigenvalue weighted by molar-refractivity contribution is 0.185. The summed E-state index contributed by atoms with van der Waals surface area (Å²) in [6.07, 6.45) is 4.64. The van der Waals surface area contributed by atoms with Gasteiger partial charge < -0.3 is 15.4 Å². The average Bonchev–Trinajstić information content (AvgIpc) is 2.98. The molecule has 1 aromatic heterocycles. The number of amides is 2. The van der Waals surface area contributed by atoms with Crippen molar-refractivity contribution in [1.82, 2.24) is 20.4 Å². The molecule has 2 amide bonds. The zero-order valence-electron chi connectivity index (χ0n) is 10.6. The van der Waals surface area contributed by atoms with E-state index in [-0.39, 0.29) is 12.1 Å². The second-order valence-corrected chi connectivity index (χ2v) is 4.71. The topological polar surface area (TPSA) is 68.2 Å². The van der Waals surface area contributed by atoms with Gasteiger partial charge in [-0.3, -0.25) is 4.68 Å². The molecule has 1 aliphatic rings. The van der Waals surface area contributed by atoms with E-state index in [4.69, 9.17) is 4.74 Å². The summed E-state index contributed by atoms with van der Waals surface area (Å²) in [6, 6.07) is 1.79. The zero-order valence-corrected chi connectivity index (χ0v) is 10.6. The van der Waals surface area contributed by atoms with Gasteiger partial charge >= 0.3 is 6.03 Å². The Bertz CT molecular complexity index is 360. The third-order valence-corrected chi connectivity index (χ3v) is 2.97. The van der Waals surface area contributed by atoms with Crippen LogP contribution in [0.5, 0.6) is 0 Å². The third kappa shape index (κ3) is 4.03. The van der Waals surface area contributed by atoms with Gasteiger partial charge in [0, 0.05) is 37.5 Å². The molecule has 0 unspecified atom stereocenters. The van der Waals surface area contributed by atoms with E-state index in [1.165, 1.54) is 0 Å². The number of hydrogen-bond acceptors (Lipinski definition) is 3. The molecule has 0 bridgehead atoms. The molecule has 2 rings (SSSR count). The van der Waals surface area contributed by atoms with Crippen LogP contribution in [0.15, 0.2) is 18.5 Å². The van der Waals surface area contributed by atoms with Crippen LogP contribution in [0.3, 0.4) is 0 Å². The first-order chi connectivity index (χ1) is 8.74. The fourth-order valence-corrected chi connectivity index (χ4v) is 1.99.